The van der Waals surface area contributed by atoms with E-state index in [4.69, 9.17) is 4.74 Å². The van der Waals surface area contributed by atoms with E-state index < -0.39 is 11.6 Å². The Kier molecular flexibility index (Phi) is 6.61. The first-order chi connectivity index (χ1) is 11.6. The quantitative estimate of drug-likeness (QED) is 0.348. The maximum atomic E-state index is 12.4. The van der Waals surface area contributed by atoms with Crippen LogP contribution in [0.15, 0.2) is 72.8 Å². The van der Waals surface area contributed by atoms with Gasteiger partial charge in [-0.3, -0.25) is 0 Å². The van der Waals surface area contributed by atoms with Crippen LogP contribution in [0.3, 0.4) is 0 Å². The normalized spacial score (nSPS) is 13.8. The Balaban J connectivity index is 0.00000121. The summed E-state index contributed by atoms with van der Waals surface area (Å²) in [7, 11) is 0. The molecule has 0 fully saturated rings. The first-order valence-electron chi connectivity index (χ1n) is 7.49. The van der Waals surface area contributed by atoms with Gasteiger partial charge in [0.1, 0.15) is 0 Å². The Morgan fingerprint density at radius 1 is 0.692 bits per heavy atom. The molecule has 26 heavy (non-hydrogen) atoms. The fraction of sp³-hybridized carbons (Fsp3) is 0.0500. The zero-order valence-electron chi connectivity index (χ0n) is 14.6. The average Bonchev–Trinajstić information content (AvgIpc) is 2.91. The summed E-state index contributed by atoms with van der Waals surface area (Å²) in [5.41, 5.74) is 1.36. The van der Waals surface area contributed by atoms with E-state index in [0.717, 1.165) is 0 Å². The van der Waals surface area contributed by atoms with Crippen molar-refractivity contribution in [3.05, 3.63) is 95.1 Å². The second-order valence-electron chi connectivity index (χ2n) is 5.67. The van der Waals surface area contributed by atoms with Gasteiger partial charge in [0, 0.05) is 16.7 Å². The Labute approximate surface area is 195 Å². The largest absolute Gasteiger partial charge is 1.00 e. The van der Waals surface area contributed by atoms with E-state index in [1.807, 2.05) is 12.1 Å². The van der Waals surface area contributed by atoms with Crippen LogP contribution in [0.25, 0.3) is 0 Å². The SMILES string of the molecule is O=C1OC(c2ccc([O-])cc2)(c2ccc([O-])cc2)c2ccccc21.[Na+].[Na+]. The molecule has 1 heterocycles. The summed E-state index contributed by atoms with van der Waals surface area (Å²) in [6.45, 7) is 0. The van der Waals surface area contributed by atoms with Gasteiger partial charge in [0.2, 0.25) is 0 Å². The third-order valence-electron chi connectivity index (χ3n) is 4.29. The molecule has 0 bridgehead atoms. The first-order valence-corrected chi connectivity index (χ1v) is 7.49. The van der Waals surface area contributed by atoms with E-state index in [1.54, 1.807) is 36.4 Å². The van der Waals surface area contributed by atoms with Crippen molar-refractivity contribution in [2.24, 2.45) is 0 Å². The summed E-state index contributed by atoms with van der Waals surface area (Å²) in [4.78, 5) is 12.4. The van der Waals surface area contributed by atoms with Crippen molar-refractivity contribution in [1.29, 1.82) is 0 Å². The van der Waals surface area contributed by atoms with Gasteiger partial charge in [0.05, 0.1) is 5.56 Å². The zero-order valence-corrected chi connectivity index (χ0v) is 18.6. The van der Waals surface area contributed by atoms with Crippen LogP contribution < -0.4 is 69.3 Å². The maximum absolute atomic E-state index is 12.4. The number of carbonyl (C=O) groups is 1. The molecule has 0 amide bonds. The minimum Gasteiger partial charge on any atom is -0.872 e. The molecule has 6 heteroatoms. The molecule has 0 saturated heterocycles. The molecule has 4 nitrogen and oxygen atoms in total. The van der Waals surface area contributed by atoms with Crippen LogP contribution in [-0.4, -0.2) is 5.97 Å². The first kappa shape index (κ1) is 21.0. The van der Waals surface area contributed by atoms with Gasteiger partial charge < -0.3 is 14.9 Å². The molecule has 0 aromatic heterocycles. The fourth-order valence-electron chi connectivity index (χ4n) is 3.19. The van der Waals surface area contributed by atoms with Gasteiger partial charge in [0.15, 0.2) is 5.60 Å². The minimum atomic E-state index is -1.16. The summed E-state index contributed by atoms with van der Waals surface area (Å²) in [5.74, 6) is -0.675. The molecule has 0 saturated carbocycles. The molecule has 0 unspecified atom stereocenters. The van der Waals surface area contributed by atoms with E-state index in [9.17, 15) is 15.0 Å². The molecule has 0 spiro atoms. The molecule has 0 radical (unpaired) electrons. The topological polar surface area (TPSA) is 72.4 Å². The monoisotopic (exact) mass is 362 g/mol. The van der Waals surface area contributed by atoms with E-state index in [1.165, 1.54) is 24.3 Å². The van der Waals surface area contributed by atoms with Crippen molar-refractivity contribution in [2.75, 3.05) is 0 Å². The molecule has 1 aliphatic heterocycles. The van der Waals surface area contributed by atoms with Gasteiger partial charge in [-0.05, 0) is 6.07 Å². The smallest absolute Gasteiger partial charge is 0.872 e. The predicted octanol–water partition coefficient (Wildman–Crippen LogP) is -3.70. The number of carbonyl (C=O) groups excluding carboxylic acids is 1. The summed E-state index contributed by atoms with van der Waals surface area (Å²) >= 11 is 0. The van der Waals surface area contributed by atoms with Crippen LogP contribution >= 0.6 is 0 Å². The van der Waals surface area contributed by atoms with Crippen LogP contribution in [0.2, 0.25) is 0 Å². The summed E-state index contributed by atoms with van der Waals surface area (Å²) in [6.07, 6.45) is 0. The Hall–Kier alpha value is -1.27. The maximum Gasteiger partial charge on any atom is 1.00 e. The minimum absolute atomic E-state index is 0. The van der Waals surface area contributed by atoms with E-state index in [2.05, 4.69) is 0 Å². The second kappa shape index (κ2) is 8.17. The summed E-state index contributed by atoms with van der Waals surface area (Å²) < 4.78 is 5.83. The average molecular weight is 362 g/mol. The second-order valence-corrected chi connectivity index (χ2v) is 5.67. The zero-order chi connectivity index (χ0) is 16.7. The van der Waals surface area contributed by atoms with Crippen LogP contribution in [0, 0.1) is 0 Å². The van der Waals surface area contributed by atoms with E-state index in [-0.39, 0.29) is 70.6 Å². The molecule has 0 N–H and O–H groups in total. The van der Waals surface area contributed by atoms with Gasteiger partial charge in [-0.25, -0.2) is 4.79 Å². The van der Waals surface area contributed by atoms with Crippen molar-refractivity contribution in [1.82, 2.24) is 0 Å². The predicted molar refractivity (Wildman–Crippen MR) is 83.5 cm³/mol. The number of esters is 1. The van der Waals surface area contributed by atoms with Gasteiger partial charge in [-0.15, -0.1) is 11.5 Å². The van der Waals surface area contributed by atoms with Crippen LogP contribution in [0.5, 0.6) is 11.5 Å². The van der Waals surface area contributed by atoms with Crippen molar-refractivity contribution >= 4 is 5.97 Å². The number of benzene rings is 3. The van der Waals surface area contributed by atoms with Crippen molar-refractivity contribution in [3.8, 4) is 11.5 Å². The summed E-state index contributed by atoms with van der Waals surface area (Å²) in [6, 6.07) is 19.5. The van der Waals surface area contributed by atoms with Crippen molar-refractivity contribution < 1.29 is 78.9 Å². The molecule has 4 rings (SSSR count). The standard InChI is InChI=1S/C20H14O4.2Na/c21-15-9-5-13(6-10-15)20(14-7-11-16(22)12-8-14)18-4-2-1-3-17(18)19(23)24-20;;/h1-12,21-22H;;/q;2*+1/p-2. The number of cyclic esters (lactones) is 1. The number of hydrogen-bond donors (Lipinski definition) is 0. The Morgan fingerprint density at radius 3 is 1.65 bits per heavy atom. The van der Waals surface area contributed by atoms with E-state index >= 15 is 0 Å². The van der Waals surface area contributed by atoms with Crippen LogP contribution in [0.1, 0.15) is 27.0 Å². The molecular weight excluding hydrogens is 350 g/mol. The number of fused-ring (bicyclic) bond motifs is 1. The van der Waals surface area contributed by atoms with Crippen molar-refractivity contribution in [3.63, 3.8) is 0 Å². The Bertz CT molecular complexity index is 876. The molecule has 3 aromatic carbocycles. The van der Waals surface area contributed by atoms with Crippen LogP contribution in [-0.2, 0) is 10.3 Å². The van der Waals surface area contributed by atoms with E-state index in [0.29, 0.717) is 22.3 Å². The molecule has 1 aliphatic rings. The third kappa shape index (κ3) is 3.33. The van der Waals surface area contributed by atoms with Gasteiger partial charge >= 0.3 is 65.1 Å². The molecule has 0 aliphatic carbocycles. The van der Waals surface area contributed by atoms with Crippen LogP contribution in [0.4, 0.5) is 0 Å². The summed E-state index contributed by atoms with van der Waals surface area (Å²) in [5, 5.41) is 23.0. The van der Waals surface area contributed by atoms with Gasteiger partial charge in [0.25, 0.3) is 0 Å². The Morgan fingerprint density at radius 2 is 1.15 bits per heavy atom. The number of ether oxygens (including phenoxy) is 1. The fourth-order valence-corrected chi connectivity index (χ4v) is 3.19. The van der Waals surface area contributed by atoms with Gasteiger partial charge in [-0.2, -0.15) is 0 Å². The number of rotatable bonds is 2. The molecule has 3 aromatic rings. The molecule has 118 valence electrons. The van der Waals surface area contributed by atoms with Gasteiger partial charge in [-0.1, -0.05) is 66.7 Å². The number of hydrogen-bond acceptors (Lipinski definition) is 4. The van der Waals surface area contributed by atoms with Crippen molar-refractivity contribution in [2.45, 2.75) is 5.60 Å². The molecule has 0 atom stereocenters. The third-order valence-corrected chi connectivity index (χ3v) is 4.29. The molecular formula is C20H12Na2O4.